The lowest BCUT2D eigenvalue weighted by molar-refractivity contribution is -0.150. The van der Waals surface area contributed by atoms with Crippen LogP contribution in [0.3, 0.4) is 0 Å². The Kier molecular flexibility index (Phi) is 4.92. The largest absolute Gasteiger partial charge is 0.468 e. The van der Waals surface area contributed by atoms with Gasteiger partial charge >= 0.3 is 0 Å². The monoisotopic (exact) mass is 358 g/mol. The van der Waals surface area contributed by atoms with Crippen molar-refractivity contribution in [2.45, 2.75) is 31.5 Å². The minimum Gasteiger partial charge on any atom is -0.468 e. The summed E-state index contributed by atoms with van der Waals surface area (Å²) in [5.41, 5.74) is 0.660. The van der Waals surface area contributed by atoms with Crippen molar-refractivity contribution in [1.82, 2.24) is 10.1 Å². The quantitative estimate of drug-likeness (QED) is 0.629. The predicted molar refractivity (Wildman–Crippen MR) is 91.2 cm³/mol. The maximum Gasteiger partial charge on any atom is 0.139 e. The van der Waals surface area contributed by atoms with Gasteiger partial charge in [0.1, 0.15) is 17.3 Å². The highest BCUT2D eigenvalue weighted by atomic mass is 16.5. The lowest BCUT2D eigenvalue weighted by Gasteiger charge is -2.49. The van der Waals surface area contributed by atoms with Crippen LogP contribution in [0.2, 0.25) is 0 Å². The van der Waals surface area contributed by atoms with Crippen LogP contribution in [0, 0.1) is 0 Å². The van der Waals surface area contributed by atoms with Gasteiger partial charge in [0.25, 0.3) is 0 Å². The van der Waals surface area contributed by atoms with E-state index in [2.05, 4.69) is 10.1 Å². The Labute approximate surface area is 151 Å². The normalized spacial score (nSPS) is 16.1. The second-order valence-electron chi connectivity index (χ2n) is 6.67. The Morgan fingerprint density at radius 1 is 1.04 bits per heavy atom. The van der Waals surface area contributed by atoms with Crippen LogP contribution in [0.1, 0.15) is 23.0 Å². The summed E-state index contributed by atoms with van der Waals surface area (Å²) in [5.74, 6) is 2.48. The first-order valence-electron chi connectivity index (χ1n) is 8.70. The highest BCUT2D eigenvalue weighted by molar-refractivity contribution is 5.14. The molecule has 4 heterocycles. The molecule has 3 aromatic rings. The smallest absolute Gasteiger partial charge is 0.139 e. The molecule has 0 aliphatic carbocycles. The standard InChI is InChI=1S/C19H22N2O5/c22-6-5-16-9-15(20-26-16)10-19(13-23-14-19)21(11-17-3-1-7-24-17)12-18-4-2-8-25-18/h1-4,7-9,22H,5-6,10-14H2. The van der Waals surface area contributed by atoms with Crippen molar-refractivity contribution in [3.05, 3.63) is 65.8 Å². The highest BCUT2D eigenvalue weighted by Gasteiger charge is 2.45. The molecule has 1 N–H and O–H groups in total. The van der Waals surface area contributed by atoms with E-state index in [1.54, 1.807) is 12.5 Å². The zero-order valence-electron chi connectivity index (χ0n) is 14.5. The molecule has 0 radical (unpaired) electrons. The Balaban J connectivity index is 1.55. The van der Waals surface area contributed by atoms with Crippen molar-refractivity contribution in [3.8, 4) is 0 Å². The zero-order chi connectivity index (χ0) is 17.8. The van der Waals surface area contributed by atoms with Gasteiger partial charge < -0.3 is 23.2 Å². The lowest BCUT2D eigenvalue weighted by Crippen LogP contribution is -2.62. The maximum atomic E-state index is 9.06. The van der Waals surface area contributed by atoms with Gasteiger partial charge in [0, 0.05) is 18.9 Å². The molecule has 1 aliphatic rings. The summed E-state index contributed by atoms with van der Waals surface area (Å²) in [5, 5.41) is 13.2. The van der Waals surface area contributed by atoms with E-state index in [0.29, 0.717) is 44.9 Å². The SMILES string of the molecule is OCCc1cc(CC2(N(Cc3ccco3)Cc3ccco3)COC2)no1. The first-order valence-corrected chi connectivity index (χ1v) is 8.70. The third-order valence-corrected chi connectivity index (χ3v) is 4.74. The van der Waals surface area contributed by atoms with Crippen LogP contribution in [0.5, 0.6) is 0 Å². The minimum absolute atomic E-state index is 0.0476. The molecular weight excluding hydrogens is 336 g/mol. The third kappa shape index (κ3) is 3.60. The van der Waals surface area contributed by atoms with Crippen molar-refractivity contribution in [2.24, 2.45) is 0 Å². The first-order chi connectivity index (χ1) is 12.8. The summed E-state index contributed by atoms with van der Waals surface area (Å²) >= 11 is 0. The van der Waals surface area contributed by atoms with Crippen LogP contribution in [0.15, 0.2) is 56.2 Å². The van der Waals surface area contributed by atoms with Crippen molar-refractivity contribution < 1.29 is 23.2 Å². The van der Waals surface area contributed by atoms with Gasteiger partial charge in [-0.1, -0.05) is 5.16 Å². The summed E-state index contributed by atoms with van der Waals surface area (Å²) in [6.07, 6.45) is 4.54. The Bertz CT molecular complexity index is 754. The molecule has 0 saturated carbocycles. The Morgan fingerprint density at radius 3 is 2.23 bits per heavy atom. The van der Waals surface area contributed by atoms with Crippen molar-refractivity contribution in [2.75, 3.05) is 19.8 Å². The molecule has 1 fully saturated rings. The fourth-order valence-electron chi connectivity index (χ4n) is 3.31. The summed E-state index contributed by atoms with van der Waals surface area (Å²) in [4.78, 5) is 2.31. The van der Waals surface area contributed by atoms with Gasteiger partial charge in [0.15, 0.2) is 0 Å². The van der Waals surface area contributed by atoms with E-state index in [4.69, 9.17) is 23.2 Å². The van der Waals surface area contributed by atoms with E-state index in [0.717, 1.165) is 17.2 Å². The van der Waals surface area contributed by atoms with Gasteiger partial charge in [0.2, 0.25) is 0 Å². The van der Waals surface area contributed by atoms with E-state index < -0.39 is 0 Å². The third-order valence-electron chi connectivity index (χ3n) is 4.74. The van der Waals surface area contributed by atoms with Gasteiger partial charge in [-0.15, -0.1) is 0 Å². The molecule has 0 amide bonds. The fourth-order valence-corrected chi connectivity index (χ4v) is 3.31. The molecule has 7 nitrogen and oxygen atoms in total. The molecule has 0 bridgehead atoms. The molecule has 138 valence electrons. The van der Waals surface area contributed by atoms with Gasteiger partial charge in [0.05, 0.1) is 56.7 Å². The van der Waals surface area contributed by atoms with Crippen LogP contribution in [-0.2, 0) is 30.7 Å². The molecule has 26 heavy (non-hydrogen) atoms. The summed E-state index contributed by atoms with van der Waals surface area (Å²) in [7, 11) is 0. The maximum absolute atomic E-state index is 9.06. The van der Waals surface area contributed by atoms with Crippen LogP contribution in [-0.4, -0.2) is 40.5 Å². The zero-order valence-corrected chi connectivity index (χ0v) is 14.5. The van der Waals surface area contributed by atoms with E-state index >= 15 is 0 Å². The van der Waals surface area contributed by atoms with Crippen LogP contribution < -0.4 is 0 Å². The number of rotatable bonds is 9. The second kappa shape index (κ2) is 7.49. The summed E-state index contributed by atoms with van der Waals surface area (Å²) in [6.45, 7) is 2.57. The average Bonchev–Trinajstić information content (AvgIpc) is 3.34. The minimum atomic E-state index is -0.201. The van der Waals surface area contributed by atoms with E-state index in [1.807, 2.05) is 30.3 Å². The van der Waals surface area contributed by atoms with Crippen LogP contribution in [0.25, 0.3) is 0 Å². The van der Waals surface area contributed by atoms with Gasteiger partial charge in [-0.2, -0.15) is 0 Å². The Morgan fingerprint density at radius 2 is 1.73 bits per heavy atom. The summed E-state index contributed by atoms with van der Waals surface area (Å²) in [6, 6.07) is 9.64. The number of hydrogen-bond donors (Lipinski definition) is 1. The lowest BCUT2D eigenvalue weighted by atomic mass is 9.88. The number of hydrogen-bond acceptors (Lipinski definition) is 7. The van der Waals surface area contributed by atoms with Crippen molar-refractivity contribution in [3.63, 3.8) is 0 Å². The van der Waals surface area contributed by atoms with Crippen LogP contribution >= 0.6 is 0 Å². The van der Waals surface area contributed by atoms with Gasteiger partial charge in [-0.05, 0) is 24.3 Å². The van der Waals surface area contributed by atoms with Crippen LogP contribution in [0.4, 0.5) is 0 Å². The number of aliphatic hydroxyl groups excluding tert-OH is 1. The second-order valence-corrected chi connectivity index (χ2v) is 6.67. The first kappa shape index (κ1) is 17.1. The Hall–Kier alpha value is -2.35. The van der Waals surface area contributed by atoms with Crippen molar-refractivity contribution in [1.29, 1.82) is 0 Å². The molecule has 1 saturated heterocycles. The molecule has 0 unspecified atom stereocenters. The van der Waals surface area contributed by atoms with E-state index in [1.165, 1.54) is 0 Å². The predicted octanol–water partition coefficient (Wildman–Crippen LogP) is 2.41. The molecular formula is C19H22N2O5. The fraction of sp³-hybridized carbons (Fsp3) is 0.421. The van der Waals surface area contributed by atoms with Crippen molar-refractivity contribution >= 4 is 0 Å². The molecule has 1 aliphatic heterocycles. The van der Waals surface area contributed by atoms with E-state index in [-0.39, 0.29) is 12.1 Å². The molecule has 0 atom stereocenters. The average molecular weight is 358 g/mol. The summed E-state index contributed by atoms with van der Waals surface area (Å²) < 4.78 is 22.0. The van der Waals surface area contributed by atoms with Gasteiger partial charge in [-0.3, -0.25) is 4.90 Å². The molecule has 0 spiro atoms. The topological polar surface area (TPSA) is 85.0 Å². The number of nitrogens with zero attached hydrogens (tertiary/aromatic N) is 2. The number of aliphatic hydroxyl groups is 1. The molecule has 7 heteroatoms. The number of ether oxygens (including phenoxy) is 1. The molecule has 4 rings (SSSR count). The molecule has 0 aromatic carbocycles. The van der Waals surface area contributed by atoms with Gasteiger partial charge in [-0.25, -0.2) is 0 Å². The molecule has 3 aromatic heterocycles. The number of aromatic nitrogens is 1. The van der Waals surface area contributed by atoms with E-state index in [9.17, 15) is 0 Å². The highest BCUT2D eigenvalue weighted by Crippen LogP contribution is 2.32. The number of furan rings is 2.